The SMILES string of the molecule is C=C[C@H]1CN2CC[C@H]1C[C@H]2[C@H](OC(=S)Nc1c(OCC)cccc1OCC)c1ccnc2ccc(OCCC(C)C)cc12. The van der Waals surface area contributed by atoms with E-state index >= 15 is 0 Å². The van der Waals surface area contributed by atoms with Crippen LogP contribution in [-0.4, -0.2) is 54.0 Å². The number of ether oxygens (including phenoxy) is 4. The van der Waals surface area contributed by atoms with E-state index in [4.69, 9.17) is 31.2 Å². The van der Waals surface area contributed by atoms with Crippen molar-refractivity contribution >= 4 is 34.0 Å². The normalized spacial score (nSPS) is 21.8. The van der Waals surface area contributed by atoms with E-state index in [0.717, 1.165) is 48.1 Å². The second kappa shape index (κ2) is 14.4. The number of benzene rings is 2. The summed E-state index contributed by atoms with van der Waals surface area (Å²) in [5.74, 6) is 3.83. The molecule has 0 spiro atoms. The van der Waals surface area contributed by atoms with E-state index in [1.54, 1.807) is 0 Å². The topological polar surface area (TPSA) is 65.1 Å². The van der Waals surface area contributed by atoms with Crippen molar-refractivity contribution in [1.29, 1.82) is 0 Å². The molecule has 1 unspecified atom stereocenters. The highest BCUT2D eigenvalue weighted by molar-refractivity contribution is 7.80. The van der Waals surface area contributed by atoms with Crippen LogP contribution in [-0.2, 0) is 4.74 Å². The third-order valence-corrected chi connectivity index (χ3v) is 8.77. The van der Waals surface area contributed by atoms with E-state index in [-0.39, 0.29) is 17.3 Å². The first-order valence-corrected chi connectivity index (χ1v) is 16.1. The number of aromatic nitrogens is 1. The summed E-state index contributed by atoms with van der Waals surface area (Å²) < 4.78 is 24.8. The Kier molecular flexibility index (Phi) is 10.4. The fraction of sp³-hybridized carbons (Fsp3) is 0.486. The van der Waals surface area contributed by atoms with Crippen LogP contribution in [0, 0.1) is 17.8 Å². The van der Waals surface area contributed by atoms with Crippen molar-refractivity contribution in [1.82, 2.24) is 9.88 Å². The third kappa shape index (κ3) is 7.24. The number of nitrogens with zero attached hydrogens (tertiary/aromatic N) is 2. The monoisotopic (exact) mass is 603 g/mol. The van der Waals surface area contributed by atoms with Gasteiger partial charge in [0.25, 0.3) is 5.17 Å². The zero-order valence-corrected chi connectivity index (χ0v) is 26.7. The number of piperidine rings is 3. The number of anilines is 1. The molecule has 0 aliphatic carbocycles. The molecule has 5 atom stereocenters. The molecule has 3 fully saturated rings. The van der Waals surface area contributed by atoms with Crippen LogP contribution in [0.4, 0.5) is 5.69 Å². The van der Waals surface area contributed by atoms with Crippen LogP contribution < -0.4 is 19.5 Å². The molecule has 3 saturated heterocycles. The lowest BCUT2D eigenvalue weighted by molar-refractivity contribution is -0.0386. The molecular weight excluding hydrogens is 558 g/mol. The van der Waals surface area contributed by atoms with Gasteiger partial charge in [-0.25, -0.2) is 0 Å². The van der Waals surface area contributed by atoms with Crippen LogP contribution in [0.15, 0.2) is 61.3 Å². The maximum atomic E-state index is 6.80. The second-order valence-electron chi connectivity index (χ2n) is 11.8. The third-order valence-electron chi connectivity index (χ3n) is 8.57. The zero-order chi connectivity index (χ0) is 30.3. The Hall–Kier alpha value is -3.36. The Morgan fingerprint density at radius 3 is 2.53 bits per heavy atom. The lowest BCUT2D eigenvalue weighted by atomic mass is 9.73. The Balaban J connectivity index is 1.49. The summed E-state index contributed by atoms with van der Waals surface area (Å²) in [5.41, 5.74) is 2.63. The first-order valence-electron chi connectivity index (χ1n) is 15.7. The number of thiocarbonyl (C=S) groups is 1. The van der Waals surface area contributed by atoms with Crippen molar-refractivity contribution in [3.8, 4) is 17.2 Å². The maximum absolute atomic E-state index is 6.80. The molecule has 2 bridgehead atoms. The van der Waals surface area contributed by atoms with Crippen LogP contribution in [0.25, 0.3) is 10.9 Å². The van der Waals surface area contributed by atoms with Crippen molar-refractivity contribution in [3.05, 3.63) is 66.9 Å². The van der Waals surface area contributed by atoms with Gasteiger partial charge in [0.2, 0.25) is 0 Å². The number of pyridine rings is 1. The Bertz CT molecular complexity index is 1390. The highest BCUT2D eigenvalue weighted by Crippen LogP contribution is 2.44. The van der Waals surface area contributed by atoms with Gasteiger partial charge in [-0.05, 0) is 106 Å². The summed E-state index contributed by atoms with van der Waals surface area (Å²) in [6, 6.07) is 14.1. The summed E-state index contributed by atoms with van der Waals surface area (Å²) in [7, 11) is 0. The molecule has 0 radical (unpaired) electrons. The van der Waals surface area contributed by atoms with Crippen LogP contribution in [0.1, 0.15) is 58.6 Å². The molecular formula is C35H45N3O4S. The minimum Gasteiger partial charge on any atom is -0.494 e. The second-order valence-corrected chi connectivity index (χ2v) is 12.2. The number of hydrogen-bond acceptors (Lipinski definition) is 7. The number of para-hydroxylation sites is 1. The quantitative estimate of drug-likeness (QED) is 0.157. The van der Waals surface area contributed by atoms with Crippen LogP contribution in [0.2, 0.25) is 0 Å². The highest BCUT2D eigenvalue weighted by Gasteiger charge is 2.44. The van der Waals surface area contributed by atoms with E-state index in [1.165, 1.54) is 6.42 Å². The fourth-order valence-corrected chi connectivity index (χ4v) is 6.58. The first kappa shape index (κ1) is 31.1. The molecule has 1 N–H and O–H groups in total. The van der Waals surface area contributed by atoms with E-state index in [0.29, 0.717) is 54.8 Å². The van der Waals surface area contributed by atoms with Gasteiger partial charge in [0, 0.05) is 23.7 Å². The standard InChI is InChI=1S/C35H45N3O4S/c1-6-24-22-38-18-15-25(24)20-30(38)34(42-35(43)37-33-31(39-7-2)10-9-11-32(33)40-8-3)27-14-17-36-29-13-12-26(21-28(27)29)41-19-16-23(4)5/h6,9-14,17,21,23-25,30,34H,1,7-8,15-16,18-20,22H2,2-5H3,(H,37,43)/t24-,25-,30-,34+/m0/s1. The Morgan fingerprint density at radius 1 is 1.12 bits per heavy atom. The molecule has 4 heterocycles. The van der Waals surface area contributed by atoms with Crippen LogP contribution >= 0.6 is 12.2 Å². The van der Waals surface area contributed by atoms with E-state index < -0.39 is 0 Å². The molecule has 6 rings (SSSR count). The van der Waals surface area contributed by atoms with Gasteiger partial charge < -0.3 is 24.3 Å². The molecule has 7 nitrogen and oxygen atoms in total. The predicted octanol–water partition coefficient (Wildman–Crippen LogP) is 7.81. The summed E-state index contributed by atoms with van der Waals surface area (Å²) in [6.07, 6.45) is 6.85. The lowest BCUT2D eigenvalue weighted by Crippen LogP contribution is -2.55. The summed E-state index contributed by atoms with van der Waals surface area (Å²) in [5, 5.41) is 4.63. The van der Waals surface area contributed by atoms with Crippen molar-refractivity contribution in [3.63, 3.8) is 0 Å². The van der Waals surface area contributed by atoms with E-state index in [9.17, 15) is 0 Å². The van der Waals surface area contributed by atoms with Gasteiger partial charge in [0.1, 0.15) is 29.0 Å². The molecule has 0 saturated carbocycles. The van der Waals surface area contributed by atoms with Gasteiger partial charge in [0.15, 0.2) is 0 Å². The van der Waals surface area contributed by atoms with Crippen LogP contribution in [0.5, 0.6) is 17.2 Å². The van der Waals surface area contributed by atoms with Crippen molar-refractivity contribution in [2.75, 3.05) is 38.2 Å². The molecule has 2 aromatic carbocycles. The largest absolute Gasteiger partial charge is 0.494 e. The molecule has 3 aliphatic rings. The lowest BCUT2D eigenvalue weighted by Gasteiger charge is -2.51. The summed E-state index contributed by atoms with van der Waals surface area (Å²) in [6.45, 7) is 16.2. The molecule has 8 heteroatoms. The minimum atomic E-state index is -0.320. The fourth-order valence-electron chi connectivity index (χ4n) is 6.37. The number of hydrogen-bond donors (Lipinski definition) is 1. The van der Waals surface area contributed by atoms with Gasteiger partial charge in [-0.15, -0.1) is 6.58 Å². The van der Waals surface area contributed by atoms with Gasteiger partial charge >= 0.3 is 0 Å². The molecule has 230 valence electrons. The van der Waals surface area contributed by atoms with Crippen LogP contribution in [0.3, 0.4) is 0 Å². The van der Waals surface area contributed by atoms with Crippen molar-refractivity contribution in [2.45, 2.75) is 59.1 Å². The number of rotatable bonds is 13. The molecule has 1 aromatic heterocycles. The average Bonchev–Trinajstić information content (AvgIpc) is 3.01. The minimum absolute atomic E-state index is 0.152. The predicted molar refractivity (Wildman–Crippen MR) is 177 cm³/mol. The Labute approximate surface area is 261 Å². The Morgan fingerprint density at radius 2 is 1.88 bits per heavy atom. The van der Waals surface area contributed by atoms with Gasteiger partial charge in [-0.1, -0.05) is 26.0 Å². The molecule has 0 amide bonds. The van der Waals surface area contributed by atoms with E-state index in [2.05, 4.69) is 53.8 Å². The van der Waals surface area contributed by atoms with E-state index in [1.807, 2.05) is 50.4 Å². The van der Waals surface area contributed by atoms with Gasteiger partial charge in [-0.2, -0.15) is 0 Å². The first-order chi connectivity index (χ1) is 20.9. The summed E-state index contributed by atoms with van der Waals surface area (Å²) >= 11 is 5.91. The van der Waals surface area contributed by atoms with Crippen molar-refractivity contribution < 1.29 is 18.9 Å². The van der Waals surface area contributed by atoms with Gasteiger partial charge in [0.05, 0.1) is 31.4 Å². The number of nitrogens with one attached hydrogen (secondary N) is 1. The number of fused-ring (bicyclic) bond motifs is 4. The van der Waals surface area contributed by atoms with Gasteiger partial charge in [-0.3, -0.25) is 9.88 Å². The van der Waals surface area contributed by atoms with Crippen molar-refractivity contribution in [2.24, 2.45) is 17.8 Å². The zero-order valence-electron chi connectivity index (χ0n) is 25.9. The molecule has 43 heavy (non-hydrogen) atoms. The average molecular weight is 604 g/mol. The smallest absolute Gasteiger partial charge is 0.262 e. The molecule has 3 aromatic rings. The summed E-state index contributed by atoms with van der Waals surface area (Å²) in [4.78, 5) is 7.23. The maximum Gasteiger partial charge on any atom is 0.262 e. The molecule has 3 aliphatic heterocycles. The highest BCUT2D eigenvalue weighted by atomic mass is 32.1.